The Balaban J connectivity index is 1.26. The first kappa shape index (κ1) is 23.8. The van der Waals surface area contributed by atoms with E-state index in [2.05, 4.69) is 34.9 Å². The summed E-state index contributed by atoms with van der Waals surface area (Å²) in [6, 6.07) is 16.4. The number of ether oxygens (including phenoxy) is 1. The fourth-order valence-corrected chi connectivity index (χ4v) is 5.27. The third-order valence-corrected chi connectivity index (χ3v) is 7.00. The average molecular weight is 465 g/mol. The molecule has 2 aromatic rings. The molecule has 2 aromatic carbocycles. The van der Waals surface area contributed by atoms with Crippen molar-refractivity contribution in [2.45, 2.75) is 38.5 Å². The molecule has 3 N–H and O–H groups in total. The van der Waals surface area contributed by atoms with E-state index in [9.17, 15) is 14.4 Å². The number of benzene rings is 2. The van der Waals surface area contributed by atoms with Crippen molar-refractivity contribution in [3.8, 4) is 11.1 Å². The second kappa shape index (κ2) is 10.7. The molecule has 2 aliphatic rings. The molecule has 0 saturated heterocycles. The van der Waals surface area contributed by atoms with Crippen LogP contribution in [0.25, 0.3) is 11.1 Å². The lowest BCUT2D eigenvalue weighted by molar-refractivity contribution is -0.138. The molecule has 7 heteroatoms. The molecule has 0 spiro atoms. The van der Waals surface area contributed by atoms with Crippen LogP contribution in [-0.2, 0) is 14.3 Å². The number of alkyl carbamates (subject to hydrolysis) is 1. The number of nitrogens with one attached hydrogen (secondary N) is 2. The van der Waals surface area contributed by atoms with Gasteiger partial charge in [-0.3, -0.25) is 9.59 Å². The molecule has 3 atom stereocenters. The maximum absolute atomic E-state index is 12.6. The zero-order chi connectivity index (χ0) is 24.1. The van der Waals surface area contributed by atoms with Crippen molar-refractivity contribution in [2.24, 2.45) is 17.8 Å². The minimum absolute atomic E-state index is 0.0101. The van der Waals surface area contributed by atoms with Gasteiger partial charge in [-0.15, -0.1) is 0 Å². The van der Waals surface area contributed by atoms with E-state index in [0.29, 0.717) is 13.1 Å². The molecule has 2 aliphatic carbocycles. The summed E-state index contributed by atoms with van der Waals surface area (Å²) in [5.41, 5.74) is 4.71. The Morgan fingerprint density at radius 3 is 2.29 bits per heavy atom. The molecule has 0 radical (unpaired) electrons. The monoisotopic (exact) mass is 464 g/mol. The average Bonchev–Trinajstić information content (AvgIpc) is 3.42. The van der Waals surface area contributed by atoms with Gasteiger partial charge in [-0.2, -0.15) is 0 Å². The molecule has 1 fully saturated rings. The molecule has 0 bridgehead atoms. The Morgan fingerprint density at radius 2 is 1.65 bits per heavy atom. The Hall–Kier alpha value is -3.35. The number of fused-ring (bicyclic) bond motifs is 3. The number of carboxylic acid groups (broad SMARTS) is 1. The summed E-state index contributed by atoms with van der Waals surface area (Å²) in [4.78, 5) is 35.9. The highest BCUT2D eigenvalue weighted by Crippen LogP contribution is 2.44. The van der Waals surface area contributed by atoms with Crippen molar-refractivity contribution in [3.63, 3.8) is 0 Å². The van der Waals surface area contributed by atoms with Crippen molar-refractivity contribution in [3.05, 3.63) is 59.7 Å². The lowest BCUT2D eigenvalue weighted by Gasteiger charge is -2.21. The van der Waals surface area contributed by atoms with E-state index in [4.69, 9.17) is 9.84 Å². The summed E-state index contributed by atoms with van der Waals surface area (Å²) in [6.07, 6.45) is 2.13. The smallest absolute Gasteiger partial charge is 0.407 e. The predicted octanol–water partition coefficient (Wildman–Crippen LogP) is 4.17. The lowest BCUT2D eigenvalue weighted by Crippen LogP contribution is -2.39. The van der Waals surface area contributed by atoms with Gasteiger partial charge in [-0.05, 0) is 46.9 Å². The Kier molecular flexibility index (Phi) is 7.50. The van der Waals surface area contributed by atoms with Crippen molar-refractivity contribution < 1.29 is 24.2 Å². The minimum atomic E-state index is -0.868. The van der Waals surface area contributed by atoms with Crippen molar-refractivity contribution in [2.75, 3.05) is 19.7 Å². The van der Waals surface area contributed by atoms with Gasteiger partial charge in [0.05, 0.1) is 0 Å². The molecule has 3 unspecified atom stereocenters. The highest BCUT2D eigenvalue weighted by atomic mass is 16.5. The fourth-order valence-electron chi connectivity index (χ4n) is 5.27. The number of carbonyl (C=O) groups excluding carboxylic acids is 2. The Morgan fingerprint density at radius 1 is 1.00 bits per heavy atom. The van der Waals surface area contributed by atoms with Gasteiger partial charge in [-0.25, -0.2) is 4.79 Å². The number of hydrogen-bond donors (Lipinski definition) is 3. The van der Waals surface area contributed by atoms with Crippen LogP contribution in [0.15, 0.2) is 48.5 Å². The van der Waals surface area contributed by atoms with Crippen LogP contribution < -0.4 is 10.6 Å². The topological polar surface area (TPSA) is 105 Å². The van der Waals surface area contributed by atoms with E-state index in [1.807, 2.05) is 24.3 Å². The van der Waals surface area contributed by atoms with E-state index in [1.54, 1.807) is 6.92 Å². The van der Waals surface area contributed by atoms with Crippen LogP contribution in [0.1, 0.15) is 49.7 Å². The van der Waals surface area contributed by atoms with Crippen molar-refractivity contribution in [1.82, 2.24) is 10.6 Å². The number of hydrogen-bond acceptors (Lipinski definition) is 4. The van der Waals surface area contributed by atoms with Gasteiger partial charge in [-0.1, -0.05) is 61.9 Å². The van der Waals surface area contributed by atoms with Gasteiger partial charge in [0.25, 0.3) is 0 Å². The van der Waals surface area contributed by atoms with Crippen molar-refractivity contribution >= 4 is 18.0 Å². The van der Waals surface area contributed by atoms with E-state index < -0.39 is 12.1 Å². The molecule has 4 rings (SSSR count). The molecular formula is C27H32N2O5. The minimum Gasteiger partial charge on any atom is -0.481 e. The molecule has 2 amide bonds. The third-order valence-electron chi connectivity index (χ3n) is 7.00. The van der Waals surface area contributed by atoms with E-state index in [0.717, 1.165) is 19.3 Å². The quantitative estimate of drug-likeness (QED) is 0.517. The molecule has 34 heavy (non-hydrogen) atoms. The maximum atomic E-state index is 12.6. The molecular weight excluding hydrogens is 432 g/mol. The summed E-state index contributed by atoms with van der Waals surface area (Å²) < 4.78 is 5.60. The summed E-state index contributed by atoms with van der Waals surface area (Å²) in [5, 5.41) is 14.6. The second-order valence-electron chi connectivity index (χ2n) is 9.45. The zero-order valence-electron chi connectivity index (χ0n) is 19.5. The standard InChI is InChI=1S/C27H32N2O5/c1-17(13-25(30)31)14-28-26(32)19-12-6-7-18(19)15-29-27(33)34-16-24-22-10-4-2-8-20(22)21-9-3-5-11-23(21)24/h2-5,8-11,17-19,24H,6-7,12-16H2,1H3,(H,28,32)(H,29,33)(H,30,31). The first-order chi connectivity index (χ1) is 16.4. The first-order valence-corrected chi connectivity index (χ1v) is 12.0. The zero-order valence-corrected chi connectivity index (χ0v) is 19.5. The third kappa shape index (κ3) is 5.41. The maximum Gasteiger partial charge on any atom is 0.407 e. The van der Waals surface area contributed by atoms with Gasteiger partial charge >= 0.3 is 12.1 Å². The Labute approximate surface area is 199 Å². The molecule has 1 saturated carbocycles. The summed E-state index contributed by atoms with van der Waals surface area (Å²) in [6.45, 7) is 2.79. The number of carboxylic acids is 1. The molecule has 7 nitrogen and oxygen atoms in total. The van der Waals surface area contributed by atoms with Gasteiger partial charge in [0.2, 0.25) is 5.91 Å². The number of rotatable bonds is 9. The van der Waals surface area contributed by atoms with Crippen LogP contribution >= 0.6 is 0 Å². The second-order valence-corrected chi connectivity index (χ2v) is 9.45. The predicted molar refractivity (Wildman–Crippen MR) is 128 cm³/mol. The Bertz CT molecular complexity index is 1010. The number of carbonyl (C=O) groups is 3. The van der Waals surface area contributed by atoms with Crippen LogP contribution in [0.2, 0.25) is 0 Å². The van der Waals surface area contributed by atoms with Crippen LogP contribution in [0, 0.1) is 17.8 Å². The molecule has 0 aliphatic heterocycles. The SMILES string of the molecule is CC(CNC(=O)C1CCCC1CNC(=O)OCC1c2ccccc2-c2ccccc21)CC(=O)O. The molecule has 0 aromatic heterocycles. The normalized spacial score (nSPS) is 19.7. The number of amides is 2. The van der Waals surface area contributed by atoms with Gasteiger partial charge in [0.15, 0.2) is 0 Å². The lowest BCUT2D eigenvalue weighted by atomic mass is 9.95. The van der Waals surface area contributed by atoms with Crippen LogP contribution in [0.4, 0.5) is 4.79 Å². The van der Waals surface area contributed by atoms with Crippen molar-refractivity contribution in [1.29, 1.82) is 0 Å². The molecule has 180 valence electrons. The number of aliphatic carboxylic acids is 1. The molecule has 0 heterocycles. The first-order valence-electron chi connectivity index (χ1n) is 12.0. The highest BCUT2D eigenvalue weighted by molar-refractivity contribution is 5.80. The van der Waals surface area contributed by atoms with Crippen LogP contribution in [0.5, 0.6) is 0 Å². The van der Waals surface area contributed by atoms with E-state index in [1.165, 1.54) is 22.3 Å². The van der Waals surface area contributed by atoms with E-state index in [-0.39, 0.29) is 42.6 Å². The van der Waals surface area contributed by atoms with Gasteiger partial charge in [0.1, 0.15) is 6.61 Å². The van der Waals surface area contributed by atoms with Crippen LogP contribution in [0.3, 0.4) is 0 Å². The summed E-state index contributed by atoms with van der Waals surface area (Å²) in [5.74, 6) is -1.17. The fraction of sp³-hybridized carbons (Fsp3) is 0.444. The summed E-state index contributed by atoms with van der Waals surface area (Å²) >= 11 is 0. The highest BCUT2D eigenvalue weighted by Gasteiger charge is 2.34. The van der Waals surface area contributed by atoms with Gasteiger partial charge < -0.3 is 20.5 Å². The summed E-state index contributed by atoms with van der Waals surface area (Å²) in [7, 11) is 0. The largest absolute Gasteiger partial charge is 0.481 e. The van der Waals surface area contributed by atoms with Crippen LogP contribution in [-0.4, -0.2) is 42.8 Å². The van der Waals surface area contributed by atoms with Gasteiger partial charge in [0, 0.05) is 31.3 Å². The van der Waals surface area contributed by atoms with E-state index >= 15 is 0 Å².